The predicted molar refractivity (Wildman–Crippen MR) is 42.8 cm³/mol. The first-order valence-corrected chi connectivity index (χ1v) is 3.66. The van der Waals surface area contributed by atoms with E-state index in [4.69, 9.17) is 9.52 Å². The monoisotopic (exact) mass is 169 g/mol. The number of carboxylic acids is 1. The van der Waals surface area contributed by atoms with Gasteiger partial charge in [-0.15, -0.1) is 0 Å². The normalized spacial score (nSPS) is 10.1. The summed E-state index contributed by atoms with van der Waals surface area (Å²) in [6, 6.07) is 3.67. The van der Waals surface area contributed by atoms with Gasteiger partial charge in [-0.25, -0.2) is 0 Å². The Kier molecular flexibility index (Phi) is 2.88. The van der Waals surface area contributed by atoms with Gasteiger partial charge in [0, 0.05) is 0 Å². The summed E-state index contributed by atoms with van der Waals surface area (Å²) in [5, 5.41) is 11.0. The fourth-order valence-electron chi connectivity index (χ4n) is 0.873. The highest BCUT2D eigenvalue weighted by Gasteiger charge is 1.99. The number of aliphatic carboxylic acids is 1. The van der Waals surface area contributed by atoms with Crippen molar-refractivity contribution in [2.24, 2.45) is 0 Å². The third-order valence-electron chi connectivity index (χ3n) is 1.37. The minimum Gasteiger partial charge on any atom is -0.480 e. The topological polar surface area (TPSA) is 62.5 Å². The number of carbonyl (C=O) groups is 1. The van der Waals surface area contributed by atoms with Gasteiger partial charge in [-0.05, 0) is 19.1 Å². The molecule has 0 aliphatic rings. The van der Waals surface area contributed by atoms with Crippen LogP contribution in [0.1, 0.15) is 11.5 Å². The molecule has 1 aromatic rings. The van der Waals surface area contributed by atoms with Gasteiger partial charge in [-0.3, -0.25) is 10.1 Å². The van der Waals surface area contributed by atoms with Gasteiger partial charge in [-0.2, -0.15) is 0 Å². The Hall–Kier alpha value is -1.29. The Morgan fingerprint density at radius 3 is 2.92 bits per heavy atom. The lowest BCUT2D eigenvalue weighted by atomic mass is 10.4. The van der Waals surface area contributed by atoms with Gasteiger partial charge in [-0.1, -0.05) is 0 Å². The Labute approximate surface area is 70.2 Å². The first-order valence-electron chi connectivity index (χ1n) is 3.66. The van der Waals surface area contributed by atoms with Crippen LogP contribution in [0.3, 0.4) is 0 Å². The van der Waals surface area contributed by atoms with E-state index in [1.165, 1.54) is 0 Å². The highest BCUT2D eigenvalue weighted by atomic mass is 16.4. The summed E-state index contributed by atoms with van der Waals surface area (Å²) < 4.78 is 5.21. The smallest absolute Gasteiger partial charge is 0.317 e. The molecule has 0 unspecified atom stereocenters. The summed E-state index contributed by atoms with van der Waals surface area (Å²) in [5.74, 6) is 0.731. The van der Waals surface area contributed by atoms with Crippen LogP contribution in [0.4, 0.5) is 0 Å². The van der Waals surface area contributed by atoms with Crippen LogP contribution < -0.4 is 5.32 Å². The number of rotatable bonds is 4. The second-order valence-electron chi connectivity index (χ2n) is 2.51. The summed E-state index contributed by atoms with van der Waals surface area (Å²) in [5.41, 5.74) is 0. The first kappa shape index (κ1) is 8.80. The predicted octanol–water partition coefficient (Wildman–Crippen LogP) is 0.762. The van der Waals surface area contributed by atoms with Crippen LogP contribution in [0.5, 0.6) is 0 Å². The minimum absolute atomic E-state index is 0.0419. The summed E-state index contributed by atoms with van der Waals surface area (Å²) in [6.07, 6.45) is 0. The molecule has 0 radical (unpaired) electrons. The average molecular weight is 169 g/mol. The summed E-state index contributed by atoms with van der Waals surface area (Å²) in [6.45, 7) is 2.26. The van der Waals surface area contributed by atoms with E-state index in [9.17, 15) is 4.79 Å². The Morgan fingerprint density at radius 2 is 2.42 bits per heavy atom. The Morgan fingerprint density at radius 1 is 1.67 bits per heavy atom. The molecule has 4 heteroatoms. The molecule has 0 fully saturated rings. The molecule has 4 nitrogen and oxygen atoms in total. The number of nitrogens with one attached hydrogen (secondary N) is 1. The molecule has 1 heterocycles. The SMILES string of the molecule is Cc1ccc(CNCC(=O)O)o1. The van der Waals surface area contributed by atoms with Crippen molar-refractivity contribution in [3.05, 3.63) is 23.7 Å². The molecule has 2 N–H and O–H groups in total. The number of hydrogen-bond donors (Lipinski definition) is 2. The zero-order valence-corrected chi connectivity index (χ0v) is 6.83. The average Bonchev–Trinajstić information content (AvgIpc) is 2.35. The summed E-state index contributed by atoms with van der Waals surface area (Å²) >= 11 is 0. The molecule has 12 heavy (non-hydrogen) atoms. The molecule has 0 amide bonds. The van der Waals surface area contributed by atoms with Crippen LogP contribution in [0.25, 0.3) is 0 Å². The molecule has 1 aromatic heterocycles. The maximum Gasteiger partial charge on any atom is 0.317 e. The van der Waals surface area contributed by atoms with Crippen molar-refractivity contribution in [2.45, 2.75) is 13.5 Å². The van der Waals surface area contributed by atoms with E-state index < -0.39 is 5.97 Å². The van der Waals surface area contributed by atoms with E-state index in [1.54, 1.807) is 0 Å². The van der Waals surface area contributed by atoms with Gasteiger partial charge in [0.05, 0.1) is 13.1 Å². The molecule has 1 rings (SSSR count). The van der Waals surface area contributed by atoms with E-state index >= 15 is 0 Å². The maximum absolute atomic E-state index is 10.1. The summed E-state index contributed by atoms with van der Waals surface area (Å²) in [7, 11) is 0. The van der Waals surface area contributed by atoms with Crippen molar-refractivity contribution in [1.29, 1.82) is 0 Å². The van der Waals surface area contributed by atoms with Crippen molar-refractivity contribution in [2.75, 3.05) is 6.54 Å². The van der Waals surface area contributed by atoms with Gasteiger partial charge in [0.15, 0.2) is 0 Å². The zero-order valence-electron chi connectivity index (χ0n) is 6.83. The first-order chi connectivity index (χ1) is 5.68. The molecular formula is C8H11NO3. The van der Waals surface area contributed by atoms with Crippen molar-refractivity contribution in [1.82, 2.24) is 5.32 Å². The van der Waals surface area contributed by atoms with Crippen molar-refractivity contribution >= 4 is 5.97 Å². The fraction of sp³-hybridized carbons (Fsp3) is 0.375. The summed E-state index contributed by atoms with van der Waals surface area (Å²) in [4.78, 5) is 10.1. The molecule has 0 saturated carbocycles. The molecule has 0 spiro atoms. The molecular weight excluding hydrogens is 158 g/mol. The number of aryl methyl sites for hydroxylation is 1. The molecule has 0 aliphatic carbocycles. The third-order valence-corrected chi connectivity index (χ3v) is 1.37. The van der Waals surface area contributed by atoms with Crippen molar-refractivity contribution in [3.8, 4) is 0 Å². The molecule has 0 atom stereocenters. The van der Waals surface area contributed by atoms with Gasteiger partial charge in [0.25, 0.3) is 0 Å². The van der Waals surface area contributed by atoms with Gasteiger partial charge >= 0.3 is 5.97 Å². The fourth-order valence-corrected chi connectivity index (χ4v) is 0.873. The van der Waals surface area contributed by atoms with E-state index in [1.807, 2.05) is 19.1 Å². The number of hydrogen-bond acceptors (Lipinski definition) is 3. The van der Waals surface area contributed by atoms with Crippen molar-refractivity contribution < 1.29 is 14.3 Å². The zero-order chi connectivity index (χ0) is 8.97. The highest BCUT2D eigenvalue weighted by Crippen LogP contribution is 2.04. The van der Waals surface area contributed by atoms with Gasteiger partial charge < -0.3 is 9.52 Å². The quantitative estimate of drug-likeness (QED) is 0.698. The lowest BCUT2D eigenvalue weighted by Gasteiger charge is -1.96. The third kappa shape index (κ3) is 2.75. The minimum atomic E-state index is -0.863. The van der Waals surface area contributed by atoms with Crippen LogP contribution in [0.2, 0.25) is 0 Å². The molecule has 0 aromatic carbocycles. The van der Waals surface area contributed by atoms with E-state index in [0.29, 0.717) is 6.54 Å². The van der Waals surface area contributed by atoms with Crippen molar-refractivity contribution in [3.63, 3.8) is 0 Å². The van der Waals surface area contributed by atoms with Crippen LogP contribution in [-0.4, -0.2) is 17.6 Å². The molecule has 0 bridgehead atoms. The van der Waals surface area contributed by atoms with Crippen LogP contribution in [0, 0.1) is 6.92 Å². The molecule has 0 aliphatic heterocycles. The second kappa shape index (κ2) is 3.92. The van der Waals surface area contributed by atoms with Gasteiger partial charge in [0.2, 0.25) is 0 Å². The molecule has 66 valence electrons. The van der Waals surface area contributed by atoms with E-state index in [2.05, 4.69) is 5.32 Å². The van der Waals surface area contributed by atoms with Crippen LogP contribution in [-0.2, 0) is 11.3 Å². The Bertz CT molecular complexity index is 267. The Balaban J connectivity index is 2.29. The van der Waals surface area contributed by atoms with Gasteiger partial charge in [0.1, 0.15) is 11.5 Å². The number of carboxylic acid groups (broad SMARTS) is 1. The maximum atomic E-state index is 10.1. The van der Waals surface area contributed by atoms with Crippen LogP contribution in [0.15, 0.2) is 16.5 Å². The van der Waals surface area contributed by atoms with Crippen LogP contribution >= 0.6 is 0 Å². The second-order valence-corrected chi connectivity index (χ2v) is 2.51. The number of furan rings is 1. The largest absolute Gasteiger partial charge is 0.480 e. The van der Waals surface area contributed by atoms with E-state index in [0.717, 1.165) is 11.5 Å². The standard InChI is InChI=1S/C8H11NO3/c1-6-2-3-7(12-6)4-9-5-8(10)11/h2-3,9H,4-5H2,1H3,(H,10,11). The highest BCUT2D eigenvalue weighted by molar-refractivity contribution is 5.68. The van der Waals surface area contributed by atoms with E-state index in [-0.39, 0.29) is 6.54 Å². The molecule has 0 saturated heterocycles. The lowest BCUT2D eigenvalue weighted by molar-refractivity contribution is -0.136. The lowest BCUT2D eigenvalue weighted by Crippen LogP contribution is -2.21.